The number of amides is 1. The topological polar surface area (TPSA) is 51.2 Å². The van der Waals surface area contributed by atoms with Gasteiger partial charge in [0.15, 0.2) is 0 Å². The Labute approximate surface area is 203 Å². The van der Waals surface area contributed by atoms with Gasteiger partial charge in [-0.2, -0.15) is 0 Å². The average Bonchev–Trinajstić information content (AvgIpc) is 2.86. The van der Waals surface area contributed by atoms with Crippen LogP contribution in [0.5, 0.6) is 11.5 Å². The second-order valence-corrected chi connectivity index (χ2v) is 9.51. The van der Waals surface area contributed by atoms with Crippen molar-refractivity contribution in [2.45, 2.75) is 45.3 Å². The minimum Gasteiger partial charge on any atom is -0.497 e. The fourth-order valence-electron chi connectivity index (χ4n) is 5.20. The van der Waals surface area contributed by atoms with Gasteiger partial charge < -0.3 is 19.1 Å². The normalized spacial score (nSPS) is 22.4. The molecule has 0 aromatic heterocycles. The molecule has 184 valence electrons. The van der Waals surface area contributed by atoms with Gasteiger partial charge in [0.25, 0.3) is 5.91 Å². The minimum atomic E-state index is 0.0940. The molecule has 0 spiro atoms. The van der Waals surface area contributed by atoms with Gasteiger partial charge in [0.2, 0.25) is 0 Å². The molecule has 6 nitrogen and oxygen atoms in total. The number of benzene rings is 2. The summed E-state index contributed by atoms with van der Waals surface area (Å²) in [4.78, 5) is 17.7. The van der Waals surface area contributed by atoms with E-state index in [9.17, 15) is 4.79 Å². The van der Waals surface area contributed by atoms with Gasteiger partial charge in [-0.15, -0.1) is 0 Å². The molecule has 1 saturated heterocycles. The Kier molecular flexibility index (Phi) is 8.46. The maximum Gasteiger partial charge on any atom is 0.254 e. The Morgan fingerprint density at radius 2 is 1.91 bits per heavy atom. The van der Waals surface area contributed by atoms with Gasteiger partial charge >= 0.3 is 0 Å². The first-order valence-electron chi connectivity index (χ1n) is 12.5. The Balaban J connectivity index is 1.50. The third-order valence-electron chi connectivity index (χ3n) is 7.25. The van der Waals surface area contributed by atoms with Crippen molar-refractivity contribution in [2.75, 3.05) is 47.0 Å². The van der Waals surface area contributed by atoms with Crippen LogP contribution in [0.3, 0.4) is 0 Å². The molecule has 2 atom stereocenters. The Hall–Kier alpha value is -2.57. The van der Waals surface area contributed by atoms with E-state index in [4.69, 9.17) is 14.2 Å². The van der Waals surface area contributed by atoms with Crippen LogP contribution < -0.4 is 9.47 Å². The zero-order valence-corrected chi connectivity index (χ0v) is 20.8. The third-order valence-corrected chi connectivity index (χ3v) is 7.25. The number of rotatable bonds is 4. The molecule has 0 unspecified atom stereocenters. The highest BCUT2D eigenvalue weighted by atomic mass is 16.5. The summed E-state index contributed by atoms with van der Waals surface area (Å²) in [5, 5.41) is 0. The van der Waals surface area contributed by atoms with E-state index in [-0.39, 0.29) is 12.0 Å². The molecule has 0 radical (unpaired) electrons. The molecule has 0 saturated carbocycles. The summed E-state index contributed by atoms with van der Waals surface area (Å²) in [6.45, 7) is 6.97. The number of methoxy groups -OCH3 is 2. The molecule has 0 aliphatic carbocycles. The average molecular weight is 467 g/mol. The van der Waals surface area contributed by atoms with Gasteiger partial charge in [-0.05, 0) is 74.2 Å². The van der Waals surface area contributed by atoms with Crippen LogP contribution >= 0.6 is 0 Å². The molecular formula is C28H38N2O4. The number of ether oxygens (including phenoxy) is 3. The molecule has 0 N–H and O–H groups in total. The van der Waals surface area contributed by atoms with Crippen LogP contribution in [-0.2, 0) is 11.3 Å². The van der Waals surface area contributed by atoms with E-state index in [1.165, 1.54) is 11.1 Å². The Bertz CT molecular complexity index is 963. The van der Waals surface area contributed by atoms with Crippen molar-refractivity contribution in [3.05, 3.63) is 59.2 Å². The molecule has 2 aromatic carbocycles. The SMILES string of the molecule is COc1ccc(CN2CCCC[C@H]3CN(CC[C@H]3OC)C(=O)c3cccc(c3)OCC2)c(C)c1. The number of carbonyl (C=O) groups is 1. The molecule has 4 rings (SSSR count). The largest absolute Gasteiger partial charge is 0.497 e. The summed E-state index contributed by atoms with van der Waals surface area (Å²) in [5.41, 5.74) is 3.26. The lowest BCUT2D eigenvalue weighted by Crippen LogP contribution is -2.46. The van der Waals surface area contributed by atoms with Crippen LogP contribution in [0.25, 0.3) is 0 Å². The Morgan fingerprint density at radius 3 is 2.71 bits per heavy atom. The maximum atomic E-state index is 13.2. The number of carbonyl (C=O) groups excluding carboxylic acids is 1. The quantitative estimate of drug-likeness (QED) is 0.662. The van der Waals surface area contributed by atoms with E-state index < -0.39 is 0 Å². The minimum absolute atomic E-state index is 0.0940. The van der Waals surface area contributed by atoms with E-state index in [2.05, 4.69) is 24.0 Å². The van der Waals surface area contributed by atoms with Gasteiger partial charge in [0.1, 0.15) is 18.1 Å². The lowest BCUT2D eigenvalue weighted by atomic mass is 9.89. The second-order valence-electron chi connectivity index (χ2n) is 9.51. The summed E-state index contributed by atoms with van der Waals surface area (Å²) in [5.74, 6) is 2.12. The first-order chi connectivity index (χ1) is 16.6. The van der Waals surface area contributed by atoms with Gasteiger partial charge in [-0.25, -0.2) is 0 Å². The van der Waals surface area contributed by atoms with E-state index in [1.54, 1.807) is 14.2 Å². The van der Waals surface area contributed by atoms with Gasteiger partial charge in [-0.3, -0.25) is 9.69 Å². The molecule has 34 heavy (non-hydrogen) atoms. The zero-order chi connectivity index (χ0) is 23.9. The van der Waals surface area contributed by atoms with Crippen LogP contribution in [0.4, 0.5) is 0 Å². The highest BCUT2D eigenvalue weighted by Crippen LogP contribution is 2.27. The number of fused-ring (bicyclic) bond motifs is 4. The van der Waals surface area contributed by atoms with Crippen molar-refractivity contribution in [1.29, 1.82) is 0 Å². The Morgan fingerprint density at radius 1 is 1.03 bits per heavy atom. The summed E-state index contributed by atoms with van der Waals surface area (Å²) < 4.78 is 17.3. The number of piperidine rings is 1. The van der Waals surface area contributed by atoms with Gasteiger partial charge in [0, 0.05) is 44.8 Å². The van der Waals surface area contributed by atoms with Gasteiger partial charge in [-0.1, -0.05) is 18.6 Å². The lowest BCUT2D eigenvalue weighted by Gasteiger charge is -2.38. The van der Waals surface area contributed by atoms with E-state index in [0.717, 1.165) is 69.9 Å². The summed E-state index contributed by atoms with van der Waals surface area (Å²) in [6.07, 6.45) is 4.44. The van der Waals surface area contributed by atoms with Gasteiger partial charge in [0.05, 0.1) is 13.2 Å². The monoisotopic (exact) mass is 466 g/mol. The van der Waals surface area contributed by atoms with Crippen molar-refractivity contribution in [1.82, 2.24) is 9.80 Å². The van der Waals surface area contributed by atoms with Crippen molar-refractivity contribution < 1.29 is 19.0 Å². The van der Waals surface area contributed by atoms with Crippen LogP contribution in [0.1, 0.15) is 47.2 Å². The lowest BCUT2D eigenvalue weighted by molar-refractivity contribution is -0.00676. The molecule has 2 aromatic rings. The second kappa shape index (κ2) is 11.7. The fraction of sp³-hybridized carbons (Fsp3) is 0.536. The number of nitrogens with zero attached hydrogens (tertiary/aromatic N) is 2. The summed E-state index contributed by atoms with van der Waals surface area (Å²) in [6, 6.07) is 13.9. The van der Waals surface area contributed by atoms with Crippen LogP contribution in [0.15, 0.2) is 42.5 Å². The van der Waals surface area contributed by atoms with Crippen molar-refractivity contribution in [2.24, 2.45) is 5.92 Å². The fourth-order valence-corrected chi connectivity index (χ4v) is 5.20. The molecular weight excluding hydrogens is 428 g/mol. The molecule has 2 aliphatic rings. The van der Waals surface area contributed by atoms with Crippen molar-refractivity contribution in [3.8, 4) is 11.5 Å². The molecule has 1 fully saturated rings. The number of hydrogen-bond acceptors (Lipinski definition) is 5. The summed E-state index contributed by atoms with van der Waals surface area (Å²) >= 11 is 0. The van der Waals surface area contributed by atoms with Crippen LogP contribution in [-0.4, -0.2) is 68.8 Å². The first kappa shape index (κ1) is 24.6. The highest BCUT2D eigenvalue weighted by Gasteiger charge is 2.31. The number of hydrogen-bond donors (Lipinski definition) is 0. The zero-order valence-electron chi connectivity index (χ0n) is 20.8. The number of aryl methyl sites for hydroxylation is 1. The van der Waals surface area contributed by atoms with Crippen molar-refractivity contribution >= 4 is 5.91 Å². The molecule has 4 bridgehead atoms. The molecule has 6 heteroatoms. The van der Waals surface area contributed by atoms with E-state index in [0.29, 0.717) is 18.1 Å². The smallest absolute Gasteiger partial charge is 0.254 e. The van der Waals surface area contributed by atoms with Crippen molar-refractivity contribution in [3.63, 3.8) is 0 Å². The summed E-state index contributed by atoms with van der Waals surface area (Å²) in [7, 11) is 3.51. The molecule has 2 heterocycles. The molecule has 1 amide bonds. The predicted octanol–water partition coefficient (Wildman–Crippen LogP) is 4.55. The third kappa shape index (κ3) is 6.10. The first-order valence-corrected chi connectivity index (χ1v) is 12.5. The maximum absolute atomic E-state index is 13.2. The standard InChI is InChI=1S/C28H38N2O4/c1-21-17-25(32-2)11-10-23(21)19-29-13-5-4-7-24-20-30(14-12-27(24)33-3)28(31)22-8-6-9-26(18-22)34-16-15-29/h6,8-11,17-18,24,27H,4-5,7,12-16,19-20H2,1-3H3/t24-,27+/m0/s1. The molecule has 2 aliphatic heterocycles. The van der Waals surface area contributed by atoms with E-state index in [1.807, 2.05) is 35.2 Å². The van der Waals surface area contributed by atoms with Crippen LogP contribution in [0, 0.1) is 12.8 Å². The van der Waals surface area contributed by atoms with E-state index >= 15 is 0 Å². The van der Waals surface area contributed by atoms with Crippen LogP contribution in [0.2, 0.25) is 0 Å². The predicted molar refractivity (Wildman–Crippen MR) is 134 cm³/mol. The highest BCUT2D eigenvalue weighted by molar-refractivity contribution is 5.94.